The van der Waals surface area contributed by atoms with E-state index in [0.717, 1.165) is 31.5 Å². The maximum absolute atomic E-state index is 12.3. The molecule has 3 rings (SSSR count). The molecule has 0 N–H and O–H groups in total. The minimum absolute atomic E-state index is 0.0838. The lowest BCUT2D eigenvalue weighted by Gasteiger charge is -2.42. The van der Waals surface area contributed by atoms with Gasteiger partial charge in [-0.3, -0.25) is 9.59 Å². The van der Waals surface area contributed by atoms with Gasteiger partial charge in [0.05, 0.1) is 5.69 Å². The summed E-state index contributed by atoms with van der Waals surface area (Å²) >= 11 is 1.55. The van der Waals surface area contributed by atoms with Crippen LogP contribution in [0.15, 0.2) is 16.8 Å². The number of hydrogen-bond acceptors (Lipinski definition) is 3. The van der Waals surface area contributed by atoms with E-state index in [1.54, 1.807) is 21.1 Å². The molecule has 90 valence electrons. The number of rotatable bonds is 1. The van der Waals surface area contributed by atoms with Gasteiger partial charge in [-0.2, -0.15) is 11.3 Å². The van der Waals surface area contributed by atoms with Crippen LogP contribution in [0.2, 0.25) is 0 Å². The van der Waals surface area contributed by atoms with Gasteiger partial charge < -0.3 is 9.80 Å². The van der Waals surface area contributed by atoms with Crippen molar-refractivity contribution in [2.24, 2.45) is 0 Å². The van der Waals surface area contributed by atoms with Crippen molar-refractivity contribution in [3.63, 3.8) is 0 Å². The van der Waals surface area contributed by atoms with E-state index in [-0.39, 0.29) is 24.4 Å². The molecule has 17 heavy (non-hydrogen) atoms. The fourth-order valence-electron chi connectivity index (χ4n) is 2.60. The van der Waals surface area contributed by atoms with Gasteiger partial charge in [0.15, 0.2) is 0 Å². The molecule has 2 amide bonds. The normalized spacial score (nSPS) is 25.1. The van der Waals surface area contributed by atoms with Crippen LogP contribution in [-0.2, 0) is 9.59 Å². The monoisotopic (exact) mass is 250 g/mol. The van der Waals surface area contributed by atoms with E-state index in [4.69, 9.17) is 0 Å². The molecule has 1 aromatic rings. The van der Waals surface area contributed by atoms with E-state index < -0.39 is 0 Å². The van der Waals surface area contributed by atoms with Crippen LogP contribution in [0.4, 0.5) is 5.69 Å². The lowest BCUT2D eigenvalue weighted by Crippen LogP contribution is -2.61. The number of anilines is 1. The van der Waals surface area contributed by atoms with Gasteiger partial charge >= 0.3 is 0 Å². The summed E-state index contributed by atoms with van der Waals surface area (Å²) in [6, 6.07) is 1.68. The van der Waals surface area contributed by atoms with Crippen molar-refractivity contribution in [1.29, 1.82) is 0 Å². The zero-order chi connectivity index (χ0) is 11.8. The van der Waals surface area contributed by atoms with Crippen LogP contribution in [0.5, 0.6) is 0 Å². The predicted octanol–water partition coefficient (Wildman–Crippen LogP) is 1.48. The predicted molar refractivity (Wildman–Crippen MR) is 66.0 cm³/mol. The molecule has 1 atom stereocenters. The van der Waals surface area contributed by atoms with Gasteiger partial charge in [0.25, 0.3) is 0 Å². The van der Waals surface area contributed by atoms with Crippen LogP contribution in [0, 0.1) is 0 Å². The molecule has 0 saturated carbocycles. The first-order valence-electron chi connectivity index (χ1n) is 5.90. The smallest absolute Gasteiger partial charge is 0.250 e. The van der Waals surface area contributed by atoms with Crippen molar-refractivity contribution in [1.82, 2.24) is 4.90 Å². The van der Waals surface area contributed by atoms with Crippen LogP contribution in [0.3, 0.4) is 0 Å². The summed E-state index contributed by atoms with van der Waals surface area (Å²) < 4.78 is 0. The van der Waals surface area contributed by atoms with Crippen LogP contribution >= 0.6 is 11.3 Å². The Morgan fingerprint density at radius 3 is 2.94 bits per heavy atom. The number of amides is 2. The van der Waals surface area contributed by atoms with Gasteiger partial charge in [0.1, 0.15) is 12.6 Å². The molecule has 1 aromatic heterocycles. The minimum atomic E-state index is -0.218. The molecule has 5 heteroatoms. The van der Waals surface area contributed by atoms with E-state index in [9.17, 15) is 9.59 Å². The van der Waals surface area contributed by atoms with E-state index in [2.05, 4.69) is 0 Å². The van der Waals surface area contributed by atoms with Crippen molar-refractivity contribution < 1.29 is 9.59 Å². The van der Waals surface area contributed by atoms with E-state index in [1.165, 1.54) is 0 Å². The minimum Gasteiger partial charge on any atom is -0.329 e. The second-order valence-corrected chi connectivity index (χ2v) is 5.28. The summed E-state index contributed by atoms with van der Waals surface area (Å²) in [7, 11) is 0. The highest BCUT2D eigenvalue weighted by molar-refractivity contribution is 7.08. The lowest BCUT2D eigenvalue weighted by atomic mass is 9.98. The quantitative estimate of drug-likeness (QED) is 0.757. The van der Waals surface area contributed by atoms with Gasteiger partial charge in [-0.15, -0.1) is 0 Å². The molecule has 1 unspecified atom stereocenters. The molecule has 0 radical (unpaired) electrons. The SMILES string of the molecule is O=C1C2CCCCN2C(=O)CN1c1ccsc1. The molecule has 0 bridgehead atoms. The second kappa shape index (κ2) is 4.14. The number of nitrogens with zero attached hydrogens (tertiary/aromatic N) is 2. The number of piperazine rings is 1. The Kier molecular flexibility index (Phi) is 2.63. The molecule has 2 aliphatic heterocycles. The number of carbonyl (C=O) groups excluding carboxylic acids is 2. The van der Waals surface area contributed by atoms with Gasteiger partial charge in [0.2, 0.25) is 11.8 Å². The molecule has 2 saturated heterocycles. The standard InChI is InChI=1S/C12H14N2O2S/c15-11-7-14(9-4-6-17-8-9)12(16)10-3-1-2-5-13(10)11/h4,6,8,10H,1-3,5,7H2. The summed E-state index contributed by atoms with van der Waals surface area (Å²) in [5, 5.41) is 3.85. The zero-order valence-electron chi connectivity index (χ0n) is 9.46. The third kappa shape index (κ3) is 1.74. The Balaban J connectivity index is 1.89. The molecule has 4 nitrogen and oxygen atoms in total. The topological polar surface area (TPSA) is 40.6 Å². The zero-order valence-corrected chi connectivity index (χ0v) is 10.3. The first-order chi connectivity index (χ1) is 8.27. The van der Waals surface area contributed by atoms with Crippen molar-refractivity contribution in [2.45, 2.75) is 25.3 Å². The highest BCUT2D eigenvalue weighted by atomic mass is 32.1. The summed E-state index contributed by atoms with van der Waals surface area (Å²) in [4.78, 5) is 27.7. The molecular weight excluding hydrogens is 236 g/mol. The molecule has 3 heterocycles. The first-order valence-corrected chi connectivity index (χ1v) is 6.85. The van der Waals surface area contributed by atoms with Gasteiger partial charge in [-0.1, -0.05) is 0 Å². The van der Waals surface area contributed by atoms with Gasteiger partial charge in [-0.05, 0) is 30.7 Å². The van der Waals surface area contributed by atoms with Crippen molar-refractivity contribution in [3.8, 4) is 0 Å². The van der Waals surface area contributed by atoms with Crippen LogP contribution in [0.1, 0.15) is 19.3 Å². The average molecular weight is 250 g/mol. The number of hydrogen-bond donors (Lipinski definition) is 0. The number of piperidine rings is 1. The highest BCUT2D eigenvalue weighted by Gasteiger charge is 2.40. The number of carbonyl (C=O) groups is 2. The Hall–Kier alpha value is -1.36. The number of fused-ring (bicyclic) bond motifs is 1. The summed E-state index contributed by atoms with van der Waals surface area (Å²) in [6.45, 7) is 0.943. The molecule has 0 aliphatic carbocycles. The molecular formula is C12H14N2O2S. The Labute approximate surface area is 104 Å². The number of thiophene rings is 1. The summed E-state index contributed by atoms with van der Waals surface area (Å²) in [5.41, 5.74) is 0.860. The lowest BCUT2D eigenvalue weighted by molar-refractivity contribution is -0.144. The third-order valence-electron chi connectivity index (χ3n) is 3.49. The summed E-state index contributed by atoms with van der Waals surface area (Å²) in [6.07, 6.45) is 2.87. The molecule has 2 fully saturated rings. The van der Waals surface area contributed by atoms with Crippen molar-refractivity contribution >= 4 is 28.8 Å². The van der Waals surface area contributed by atoms with Crippen LogP contribution in [0.25, 0.3) is 0 Å². The Morgan fingerprint density at radius 2 is 2.18 bits per heavy atom. The first kappa shape index (κ1) is 10.8. The largest absolute Gasteiger partial charge is 0.329 e. The Bertz CT molecular complexity index is 443. The van der Waals surface area contributed by atoms with Crippen LogP contribution < -0.4 is 4.90 Å². The fourth-order valence-corrected chi connectivity index (χ4v) is 3.24. The Morgan fingerprint density at radius 1 is 1.29 bits per heavy atom. The second-order valence-electron chi connectivity index (χ2n) is 4.50. The molecule has 0 aromatic carbocycles. The molecule has 2 aliphatic rings. The van der Waals surface area contributed by atoms with E-state index in [0.29, 0.717) is 0 Å². The van der Waals surface area contributed by atoms with Crippen molar-refractivity contribution in [2.75, 3.05) is 18.0 Å². The highest BCUT2D eigenvalue weighted by Crippen LogP contribution is 2.27. The van der Waals surface area contributed by atoms with Gasteiger partial charge in [-0.25, -0.2) is 0 Å². The van der Waals surface area contributed by atoms with Crippen LogP contribution in [-0.4, -0.2) is 35.8 Å². The maximum Gasteiger partial charge on any atom is 0.250 e. The summed E-state index contributed by atoms with van der Waals surface area (Å²) in [5.74, 6) is 0.170. The van der Waals surface area contributed by atoms with E-state index in [1.807, 2.05) is 16.8 Å². The molecule has 0 spiro atoms. The van der Waals surface area contributed by atoms with Gasteiger partial charge in [0, 0.05) is 11.9 Å². The average Bonchev–Trinajstić information content (AvgIpc) is 2.87. The maximum atomic E-state index is 12.3. The third-order valence-corrected chi connectivity index (χ3v) is 4.16. The fraction of sp³-hybridized carbons (Fsp3) is 0.500. The van der Waals surface area contributed by atoms with Crippen molar-refractivity contribution in [3.05, 3.63) is 16.8 Å². The van der Waals surface area contributed by atoms with E-state index >= 15 is 0 Å².